The van der Waals surface area contributed by atoms with Crippen molar-refractivity contribution in [2.45, 2.75) is 46.1 Å². The monoisotopic (exact) mass is 206 g/mol. The first-order valence-corrected chi connectivity index (χ1v) is 5.67. The molecule has 0 amide bonds. The van der Waals surface area contributed by atoms with Crippen LogP contribution >= 0.6 is 0 Å². The van der Waals surface area contributed by atoms with Crippen molar-refractivity contribution in [3.63, 3.8) is 0 Å². The van der Waals surface area contributed by atoms with Gasteiger partial charge in [-0.25, -0.2) is 0 Å². The molecule has 0 aliphatic rings. The Balaban J connectivity index is 2.73. The molecule has 15 heavy (non-hydrogen) atoms. The number of hydrogen-bond acceptors (Lipinski definition) is 1. The summed E-state index contributed by atoms with van der Waals surface area (Å²) in [6.45, 7) is 8.32. The van der Waals surface area contributed by atoms with E-state index in [0.29, 0.717) is 5.92 Å². The lowest BCUT2D eigenvalue weighted by Gasteiger charge is -2.26. The highest BCUT2D eigenvalue weighted by Gasteiger charge is 2.22. The lowest BCUT2D eigenvalue weighted by atomic mass is 9.87. The molecule has 0 radical (unpaired) electrons. The average molecular weight is 206 g/mol. The van der Waals surface area contributed by atoms with Crippen molar-refractivity contribution in [1.29, 1.82) is 0 Å². The molecule has 1 unspecified atom stereocenters. The third-order valence-corrected chi connectivity index (χ3v) is 2.68. The van der Waals surface area contributed by atoms with Gasteiger partial charge >= 0.3 is 0 Å². The molecule has 0 bridgehead atoms. The molecule has 0 aliphatic carbocycles. The SMILES string of the molecule is Cc1ccccc1CC(C)(O)CC(C)C. The van der Waals surface area contributed by atoms with Gasteiger partial charge in [0, 0.05) is 6.42 Å². The minimum Gasteiger partial charge on any atom is -0.390 e. The fourth-order valence-corrected chi connectivity index (χ4v) is 2.17. The molecule has 1 aromatic rings. The van der Waals surface area contributed by atoms with Gasteiger partial charge in [0.05, 0.1) is 5.60 Å². The fourth-order valence-electron chi connectivity index (χ4n) is 2.17. The number of aliphatic hydroxyl groups is 1. The Kier molecular flexibility index (Phi) is 3.92. The Hall–Kier alpha value is -0.820. The fraction of sp³-hybridized carbons (Fsp3) is 0.571. The zero-order valence-electron chi connectivity index (χ0n) is 10.2. The summed E-state index contributed by atoms with van der Waals surface area (Å²) in [5.41, 5.74) is 1.94. The van der Waals surface area contributed by atoms with E-state index in [-0.39, 0.29) is 0 Å². The van der Waals surface area contributed by atoms with Crippen molar-refractivity contribution < 1.29 is 5.11 Å². The molecule has 0 aliphatic heterocycles. The molecule has 0 fully saturated rings. The molecular weight excluding hydrogens is 184 g/mol. The van der Waals surface area contributed by atoms with Crippen LogP contribution in [0.4, 0.5) is 0 Å². The lowest BCUT2D eigenvalue weighted by Crippen LogP contribution is -2.29. The van der Waals surface area contributed by atoms with E-state index in [4.69, 9.17) is 0 Å². The molecule has 1 heteroatoms. The highest BCUT2D eigenvalue weighted by molar-refractivity contribution is 5.26. The normalized spacial score (nSPS) is 15.3. The molecule has 1 N–H and O–H groups in total. The van der Waals surface area contributed by atoms with Gasteiger partial charge in [-0.2, -0.15) is 0 Å². The summed E-state index contributed by atoms with van der Waals surface area (Å²) in [6, 6.07) is 8.27. The van der Waals surface area contributed by atoms with Gasteiger partial charge in [0.25, 0.3) is 0 Å². The summed E-state index contributed by atoms with van der Waals surface area (Å²) in [4.78, 5) is 0. The molecule has 0 heterocycles. The topological polar surface area (TPSA) is 20.2 Å². The minimum atomic E-state index is -0.583. The van der Waals surface area contributed by atoms with Crippen molar-refractivity contribution in [1.82, 2.24) is 0 Å². The second-order valence-corrected chi connectivity index (χ2v) is 5.20. The van der Waals surface area contributed by atoms with E-state index in [9.17, 15) is 5.11 Å². The van der Waals surface area contributed by atoms with E-state index in [2.05, 4.69) is 32.9 Å². The number of benzene rings is 1. The average Bonchev–Trinajstić information content (AvgIpc) is 2.06. The smallest absolute Gasteiger partial charge is 0.0662 e. The maximum atomic E-state index is 10.3. The first-order chi connectivity index (χ1) is 6.91. The number of aryl methyl sites for hydroxylation is 1. The molecule has 84 valence electrons. The van der Waals surface area contributed by atoms with Crippen molar-refractivity contribution >= 4 is 0 Å². The second kappa shape index (κ2) is 4.80. The van der Waals surface area contributed by atoms with E-state index >= 15 is 0 Å². The van der Waals surface area contributed by atoms with Gasteiger partial charge in [-0.05, 0) is 37.3 Å². The molecule has 0 spiro atoms. The molecule has 1 atom stereocenters. The van der Waals surface area contributed by atoms with E-state index < -0.39 is 5.60 Å². The Labute approximate surface area is 93.1 Å². The van der Waals surface area contributed by atoms with Gasteiger partial charge in [-0.3, -0.25) is 0 Å². The third-order valence-electron chi connectivity index (χ3n) is 2.68. The van der Waals surface area contributed by atoms with Gasteiger partial charge in [0.1, 0.15) is 0 Å². The maximum absolute atomic E-state index is 10.3. The van der Waals surface area contributed by atoms with Crippen LogP contribution in [0.1, 0.15) is 38.3 Å². The van der Waals surface area contributed by atoms with Crippen molar-refractivity contribution in [2.75, 3.05) is 0 Å². The van der Waals surface area contributed by atoms with Crippen LogP contribution in [0.5, 0.6) is 0 Å². The summed E-state index contributed by atoms with van der Waals surface area (Å²) in [6.07, 6.45) is 1.60. The number of rotatable bonds is 4. The van der Waals surface area contributed by atoms with Crippen molar-refractivity contribution in [2.24, 2.45) is 5.92 Å². The van der Waals surface area contributed by atoms with Crippen LogP contribution in [0.25, 0.3) is 0 Å². The number of hydrogen-bond donors (Lipinski definition) is 1. The third kappa shape index (κ3) is 4.05. The Morgan fingerprint density at radius 2 is 1.87 bits per heavy atom. The molecule has 1 aromatic carbocycles. The predicted molar refractivity (Wildman–Crippen MR) is 65.0 cm³/mol. The quantitative estimate of drug-likeness (QED) is 0.801. The summed E-state index contributed by atoms with van der Waals surface area (Å²) in [7, 11) is 0. The molecule has 0 saturated heterocycles. The first kappa shape index (κ1) is 12.3. The molecular formula is C14H22O. The van der Waals surface area contributed by atoms with Gasteiger partial charge in [-0.15, -0.1) is 0 Å². The Bertz CT molecular complexity index is 313. The predicted octanol–water partition coefficient (Wildman–Crippen LogP) is 3.33. The first-order valence-electron chi connectivity index (χ1n) is 5.67. The molecule has 0 aromatic heterocycles. The highest BCUT2D eigenvalue weighted by Crippen LogP contribution is 2.22. The molecule has 1 rings (SSSR count). The Morgan fingerprint density at radius 1 is 1.27 bits per heavy atom. The van der Waals surface area contributed by atoms with Crippen molar-refractivity contribution in [3.8, 4) is 0 Å². The van der Waals surface area contributed by atoms with Crippen LogP contribution in [-0.2, 0) is 6.42 Å². The van der Waals surface area contributed by atoms with E-state index in [1.165, 1.54) is 11.1 Å². The molecule has 0 saturated carbocycles. The van der Waals surface area contributed by atoms with Crippen LogP contribution in [0.3, 0.4) is 0 Å². The van der Waals surface area contributed by atoms with Gasteiger partial charge in [-0.1, -0.05) is 38.1 Å². The summed E-state index contributed by atoms with van der Waals surface area (Å²) >= 11 is 0. The van der Waals surface area contributed by atoms with Crippen LogP contribution < -0.4 is 0 Å². The molecule has 1 nitrogen and oxygen atoms in total. The van der Waals surface area contributed by atoms with Gasteiger partial charge in [0.15, 0.2) is 0 Å². The lowest BCUT2D eigenvalue weighted by molar-refractivity contribution is 0.0387. The largest absolute Gasteiger partial charge is 0.390 e. The summed E-state index contributed by atoms with van der Waals surface area (Å²) in [5.74, 6) is 0.531. The standard InChI is InChI=1S/C14H22O/c1-11(2)9-14(4,15)10-13-8-6-5-7-12(13)3/h5-8,11,15H,9-10H2,1-4H3. The Morgan fingerprint density at radius 3 is 2.40 bits per heavy atom. The second-order valence-electron chi connectivity index (χ2n) is 5.20. The summed E-state index contributed by atoms with van der Waals surface area (Å²) in [5, 5.41) is 10.3. The van der Waals surface area contributed by atoms with Crippen LogP contribution in [0, 0.1) is 12.8 Å². The van der Waals surface area contributed by atoms with E-state index in [1.54, 1.807) is 0 Å². The van der Waals surface area contributed by atoms with Crippen LogP contribution in [0.2, 0.25) is 0 Å². The van der Waals surface area contributed by atoms with E-state index in [0.717, 1.165) is 12.8 Å². The minimum absolute atomic E-state index is 0.531. The highest BCUT2D eigenvalue weighted by atomic mass is 16.3. The van der Waals surface area contributed by atoms with Gasteiger partial charge in [0.2, 0.25) is 0 Å². The summed E-state index contributed by atoms with van der Waals surface area (Å²) < 4.78 is 0. The zero-order chi connectivity index (χ0) is 11.5. The van der Waals surface area contributed by atoms with Crippen molar-refractivity contribution in [3.05, 3.63) is 35.4 Å². The van der Waals surface area contributed by atoms with Crippen LogP contribution in [0.15, 0.2) is 24.3 Å². The zero-order valence-corrected chi connectivity index (χ0v) is 10.2. The van der Waals surface area contributed by atoms with Gasteiger partial charge < -0.3 is 5.11 Å². The van der Waals surface area contributed by atoms with E-state index in [1.807, 2.05) is 19.1 Å². The maximum Gasteiger partial charge on any atom is 0.0662 e. The van der Waals surface area contributed by atoms with Crippen LogP contribution in [-0.4, -0.2) is 10.7 Å².